The molecule has 1 aliphatic rings. The van der Waals surface area contributed by atoms with E-state index in [1.165, 1.54) is 6.26 Å². The van der Waals surface area contributed by atoms with Crippen molar-refractivity contribution in [1.29, 1.82) is 0 Å². The van der Waals surface area contributed by atoms with Gasteiger partial charge in [-0.1, -0.05) is 34.1 Å². The second kappa shape index (κ2) is 8.69. The van der Waals surface area contributed by atoms with Crippen LogP contribution in [0.4, 0.5) is 0 Å². The molecule has 0 bridgehead atoms. The zero-order valence-corrected chi connectivity index (χ0v) is 16.8. The Morgan fingerprint density at radius 2 is 2.04 bits per heavy atom. The summed E-state index contributed by atoms with van der Waals surface area (Å²) in [4.78, 5) is 37.6. The van der Waals surface area contributed by atoms with Gasteiger partial charge < -0.3 is 19.8 Å². The highest BCUT2D eigenvalue weighted by Gasteiger charge is 2.38. The molecule has 1 aliphatic heterocycles. The molecule has 1 aromatic heterocycles. The molecule has 7 heteroatoms. The third kappa shape index (κ3) is 5.19. The number of Topliss-reactive ketones (excluding diaryl/α,β-unsaturated/α-hetero) is 1. The lowest BCUT2D eigenvalue weighted by molar-refractivity contribution is -0.128. The van der Waals surface area contributed by atoms with Crippen LogP contribution in [-0.4, -0.2) is 42.4 Å². The molecule has 2 heterocycles. The first kappa shape index (κ1) is 21.2. The fraction of sp³-hybridized carbons (Fsp3) is 0.650. The molecule has 2 N–H and O–H groups in total. The molecule has 0 aromatic carbocycles. The van der Waals surface area contributed by atoms with Crippen LogP contribution in [0, 0.1) is 12.3 Å². The first-order chi connectivity index (χ1) is 12.7. The average molecular weight is 378 g/mol. The zero-order valence-electron chi connectivity index (χ0n) is 16.8. The van der Waals surface area contributed by atoms with E-state index in [1.807, 2.05) is 27.7 Å². The summed E-state index contributed by atoms with van der Waals surface area (Å²) < 4.78 is 10.6. The maximum atomic E-state index is 12.9. The maximum Gasteiger partial charge on any atom is 0.255 e. The molecule has 3 atom stereocenters. The second-order valence-corrected chi connectivity index (χ2v) is 7.85. The Morgan fingerprint density at radius 1 is 1.33 bits per heavy atom. The van der Waals surface area contributed by atoms with Crippen LogP contribution >= 0.6 is 0 Å². The number of hydrogen-bond acceptors (Lipinski definition) is 5. The van der Waals surface area contributed by atoms with Gasteiger partial charge >= 0.3 is 0 Å². The monoisotopic (exact) mass is 378 g/mol. The van der Waals surface area contributed by atoms with Gasteiger partial charge in [-0.3, -0.25) is 14.4 Å². The third-order valence-electron chi connectivity index (χ3n) is 5.30. The van der Waals surface area contributed by atoms with Crippen molar-refractivity contribution in [3.8, 4) is 0 Å². The van der Waals surface area contributed by atoms with Crippen LogP contribution in [0.1, 0.15) is 63.1 Å². The summed E-state index contributed by atoms with van der Waals surface area (Å²) in [5, 5.41) is 5.60. The minimum atomic E-state index is -0.757. The second-order valence-electron chi connectivity index (χ2n) is 7.85. The van der Waals surface area contributed by atoms with Gasteiger partial charge in [-0.05, 0) is 31.2 Å². The number of furan rings is 1. The standard InChI is InChI=1S/C20H30N2O5/c1-6-16-17(15(23)11-27-16)22-19(25)14(10-20(4,5)7-2)21-18(24)13-8-9-26-12(13)3/h8-9,14,16-17H,6-7,10-11H2,1-5H3,(H,21,24)(H,22,25). The normalized spacial score (nSPS) is 21.1. The van der Waals surface area contributed by atoms with Crippen LogP contribution < -0.4 is 10.6 Å². The Hall–Kier alpha value is -2.15. The lowest BCUT2D eigenvalue weighted by Crippen LogP contribution is -2.54. The smallest absolute Gasteiger partial charge is 0.255 e. The molecule has 1 aromatic rings. The average Bonchev–Trinajstić information content (AvgIpc) is 3.20. The topological polar surface area (TPSA) is 97.6 Å². The molecule has 1 fully saturated rings. The summed E-state index contributed by atoms with van der Waals surface area (Å²) in [6, 6.07) is 0.154. The van der Waals surface area contributed by atoms with Crippen molar-refractivity contribution in [3.05, 3.63) is 23.7 Å². The zero-order chi connectivity index (χ0) is 20.2. The number of hydrogen-bond donors (Lipinski definition) is 2. The van der Waals surface area contributed by atoms with Gasteiger partial charge in [0.1, 0.15) is 24.5 Å². The van der Waals surface area contributed by atoms with Crippen LogP contribution in [0.15, 0.2) is 16.7 Å². The van der Waals surface area contributed by atoms with Crippen molar-refractivity contribution in [2.75, 3.05) is 6.61 Å². The highest BCUT2D eigenvalue weighted by atomic mass is 16.5. The molecule has 1 saturated heterocycles. The van der Waals surface area contributed by atoms with Gasteiger partial charge in [-0.15, -0.1) is 0 Å². The third-order valence-corrected chi connectivity index (χ3v) is 5.30. The molecular weight excluding hydrogens is 348 g/mol. The largest absolute Gasteiger partial charge is 0.469 e. The molecule has 2 rings (SSSR count). The van der Waals surface area contributed by atoms with Crippen molar-refractivity contribution >= 4 is 17.6 Å². The predicted molar refractivity (Wildman–Crippen MR) is 100 cm³/mol. The number of aryl methyl sites for hydroxylation is 1. The molecular formula is C20H30N2O5. The maximum absolute atomic E-state index is 12.9. The number of carbonyl (C=O) groups is 3. The van der Waals surface area contributed by atoms with E-state index in [0.29, 0.717) is 24.2 Å². The Labute approximate surface area is 160 Å². The highest BCUT2D eigenvalue weighted by molar-refractivity contribution is 5.99. The van der Waals surface area contributed by atoms with E-state index in [9.17, 15) is 14.4 Å². The lowest BCUT2D eigenvalue weighted by Gasteiger charge is -2.29. The minimum absolute atomic E-state index is 0.00907. The van der Waals surface area contributed by atoms with Crippen molar-refractivity contribution < 1.29 is 23.5 Å². The Kier molecular flexibility index (Phi) is 6.81. The fourth-order valence-corrected chi connectivity index (χ4v) is 3.13. The molecule has 0 aliphatic carbocycles. The quantitative estimate of drug-likeness (QED) is 0.724. The van der Waals surface area contributed by atoms with E-state index >= 15 is 0 Å². The molecule has 2 amide bonds. The van der Waals surface area contributed by atoms with Gasteiger partial charge in [0.05, 0.1) is 17.9 Å². The van der Waals surface area contributed by atoms with E-state index < -0.39 is 12.1 Å². The summed E-state index contributed by atoms with van der Waals surface area (Å²) in [5.74, 6) is -0.379. The summed E-state index contributed by atoms with van der Waals surface area (Å²) in [6.07, 6.45) is 3.04. The van der Waals surface area contributed by atoms with Crippen molar-refractivity contribution in [2.24, 2.45) is 5.41 Å². The number of nitrogens with one attached hydrogen (secondary N) is 2. The first-order valence-electron chi connectivity index (χ1n) is 9.48. The number of ketones is 1. The summed E-state index contributed by atoms with van der Waals surface area (Å²) in [6.45, 7) is 9.74. The first-order valence-corrected chi connectivity index (χ1v) is 9.48. The molecule has 27 heavy (non-hydrogen) atoms. The number of rotatable bonds is 8. The Morgan fingerprint density at radius 3 is 2.59 bits per heavy atom. The summed E-state index contributed by atoms with van der Waals surface area (Å²) >= 11 is 0. The van der Waals surface area contributed by atoms with Gasteiger partial charge in [-0.25, -0.2) is 0 Å². The summed E-state index contributed by atoms with van der Waals surface area (Å²) in [7, 11) is 0. The van der Waals surface area contributed by atoms with Crippen LogP contribution in [-0.2, 0) is 14.3 Å². The van der Waals surface area contributed by atoms with Gasteiger partial charge in [0.15, 0.2) is 5.78 Å². The molecule has 0 spiro atoms. The van der Waals surface area contributed by atoms with Crippen LogP contribution in [0.5, 0.6) is 0 Å². The highest BCUT2D eigenvalue weighted by Crippen LogP contribution is 2.27. The van der Waals surface area contributed by atoms with Crippen molar-refractivity contribution in [3.63, 3.8) is 0 Å². The number of ether oxygens (including phenoxy) is 1. The van der Waals surface area contributed by atoms with E-state index in [-0.39, 0.29) is 35.7 Å². The molecule has 0 saturated carbocycles. The Balaban J connectivity index is 2.16. The number of carbonyl (C=O) groups excluding carboxylic acids is 3. The van der Waals surface area contributed by atoms with Crippen LogP contribution in [0.25, 0.3) is 0 Å². The van der Waals surface area contributed by atoms with Crippen LogP contribution in [0.3, 0.4) is 0 Å². The van der Waals surface area contributed by atoms with Gasteiger partial charge in [0.25, 0.3) is 5.91 Å². The van der Waals surface area contributed by atoms with E-state index in [0.717, 1.165) is 6.42 Å². The fourth-order valence-electron chi connectivity index (χ4n) is 3.13. The summed E-state index contributed by atoms with van der Waals surface area (Å²) in [5.41, 5.74) is 0.245. The molecule has 7 nitrogen and oxygen atoms in total. The van der Waals surface area contributed by atoms with Gasteiger partial charge in [0, 0.05) is 0 Å². The lowest BCUT2D eigenvalue weighted by atomic mass is 9.83. The van der Waals surface area contributed by atoms with E-state index in [2.05, 4.69) is 10.6 Å². The molecule has 150 valence electrons. The van der Waals surface area contributed by atoms with Gasteiger partial charge in [-0.2, -0.15) is 0 Å². The van der Waals surface area contributed by atoms with E-state index in [4.69, 9.17) is 9.15 Å². The van der Waals surface area contributed by atoms with E-state index in [1.54, 1.807) is 13.0 Å². The van der Waals surface area contributed by atoms with Crippen molar-refractivity contribution in [2.45, 2.75) is 72.1 Å². The van der Waals surface area contributed by atoms with Gasteiger partial charge in [0.2, 0.25) is 5.91 Å². The molecule has 3 unspecified atom stereocenters. The minimum Gasteiger partial charge on any atom is -0.469 e. The van der Waals surface area contributed by atoms with Crippen LogP contribution in [0.2, 0.25) is 0 Å². The number of amides is 2. The Bertz CT molecular complexity index is 694. The predicted octanol–water partition coefficient (Wildman–Crippen LogP) is 2.38. The van der Waals surface area contributed by atoms with Crippen molar-refractivity contribution in [1.82, 2.24) is 10.6 Å². The SMILES string of the molecule is CCC1OCC(=O)C1NC(=O)C(CC(C)(C)CC)NC(=O)c1ccoc1C. The molecule has 0 radical (unpaired) electrons.